The second-order valence-corrected chi connectivity index (χ2v) is 4.55. The van der Waals surface area contributed by atoms with E-state index >= 15 is 0 Å². The molecule has 0 amide bonds. The number of hydrogen-bond donors (Lipinski definition) is 1. The van der Waals surface area contributed by atoms with Gasteiger partial charge < -0.3 is 10.1 Å². The van der Waals surface area contributed by atoms with Gasteiger partial charge in [-0.3, -0.25) is 0 Å². The molecule has 0 spiro atoms. The summed E-state index contributed by atoms with van der Waals surface area (Å²) in [5.41, 5.74) is 0.805. The first-order valence-corrected chi connectivity index (χ1v) is 6.37. The van der Waals surface area contributed by atoms with E-state index in [9.17, 15) is 4.79 Å². The van der Waals surface area contributed by atoms with Crippen molar-refractivity contribution in [3.63, 3.8) is 0 Å². The first-order chi connectivity index (χ1) is 9.20. The van der Waals surface area contributed by atoms with E-state index in [0.29, 0.717) is 10.4 Å². The third-order valence-corrected chi connectivity index (χ3v) is 2.89. The summed E-state index contributed by atoms with van der Waals surface area (Å²) in [6, 6.07) is 8.70. The van der Waals surface area contributed by atoms with Gasteiger partial charge in [0.1, 0.15) is 10.4 Å². The van der Waals surface area contributed by atoms with Crippen LogP contribution in [0.3, 0.4) is 0 Å². The number of benzene rings is 1. The molecule has 2 rings (SSSR count). The second-order valence-electron chi connectivity index (χ2n) is 3.74. The number of ether oxygens (including phenoxy) is 1. The molecular formula is C13H12BrN3O2. The topological polar surface area (TPSA) is 64.1 Å². The van der Waals surface area contributed by atoms with Crippen molar-refractivity contribution in [3.8, 4) is 0 Å². The van der Waals surface area contributed by atoms with Gasteiger partial charge in [0, 0.05) is 0 Å². The third kappa shape index (κ3) is 3.51. The summed E-state index contributed by atoms with van der Waals surface area (Å²) in [6.07, 6.45) is 3.10. The Morgan fingerprint density at radius 2 is 2.00 bits per heavy atom. The van der Waals surface area contributed by atoms with Crippen LogP contribution in [0.25, 0.3) is 0 Å². The number of nitrogens with one attached hydrogen (secondary N) is 1. The van der Waals surface area contributed by atoms with Crippen LogP contribution in [-0.2, 0) is 9.53 Å². The van der Waals surface area contributed by atoms with Crippen molar-refractivity contribution >= 4 is 27.7 Å². The van der Waals surface area contributed by atoms with Crippen molar-refractivity contribution in [3.05, 3.63) is 52.9 Å². The number of aromatic nitrogens is 2. The zero-order valence-corrected chi connectivity index (χ0v) is 11.8. The molecule has 0 aliphatic rings. The summed E-state index contributed by atoms with van der Waals surface area (Å²) in [5.74, 6) is 0.123. The summed E-state index contributed by atoms with van der Waals surface area (Å²) in [4.78, 5) is 20.0. The van der Waals surface area contributed by atoms with Gasteiger partial charge in [-0.2, -0.15) is 0 Å². The summed E-state index contributed by atoms with van der Waals surface area (Å²) in [5, 5.41) is 3.00. The highest BCUT2D eigenvalue weighted by atomic mass is 79.9. The van der Waals surface area contributed by atoms with Crippen LogP contribution in [-0.4, -0.2) is 23.0 Å². The Labute approximate surface area is 119 Å². The summed E-state index contributed by atoms with van der Waals surface area (Å²) < 4.78 is 5.44. The Balaban J connectivity index is 2.24. The maximum Gasteiger partial charge on any atom is 0.333 e. The molecule has 0 aliphatic heterocycles. The lowest BCUT2D eigenvalue weighted by Crippen LogP contribution is -2.22. The average Bonchev–Trinajstić information content (AvgIpc) is 2.47. The van der Waals surface area contributed by atoms with Gasteiger partial charge in [-0.25, -0.2) is 14.8 Å². The summed E-state index contributed by atoms with van der Waals surface area (Å²) in [6.45, 7) is 0. The number of carbonyl (C=O) groups is 1. The highest BCUT2D eigenvalue weighted by molar-refractivity contribution is 9.10. The molecule has 0 aliphatic carbocycles. The van der Waals surface area contributed by atoms with Gasteiger partial charge in [-0.05, 0) is 21.5 Å². The van der Waals surface area contributed by atoms with Gasteiger partial charge in [0.05, 0.1) is 19.5 Å². The van der Waals surface area contributed by atoms with Crippen molar-refractivity contribution < 1.29 is 9.53 Å². The van der Waals surface area contributed by atoms with E-state index in [1.54, 1.807) is 12.4 Å². The summed E-state index contributed by atoms with van der Waals surface area (Å²) in [7, 11) is 1.35. The number of hydrogen-bond acceptors (Lipinski definition) is 5. The molecule has 0 saturated carbocycles. The monoisotopic (exact) mass is 321 g/mol. The molecule has 6 heteroatoms. The predicted molar refractivity (Wildman–Crippen MR) is 74.6 cm³/mol. The molecule has 1 unspecified atom stereocenters. The van der Waals surface area contributed by atoms with Crippen LogP contribution in [0, 0.1) is 0 Å². The van der Waals surface area contributed by atoms with Crippen molar-refractivity contribution in [1.29, 1.82) is 0 Å². The molecule has 0 fully saturated rings. The number of rotatable bonds is 4. The lowest BCUT2D eigenvalue weighted by atomic mass is 10.1. The van der Waals surface area contributed by atoms with Crippen LogP contribution in [0.5, 0.6) is 0 Å². The highest BCUT2D eigenvalue weighted by Crippen LogP contribution is 2.19. The zero-order valence-electron chi connectivity index (χ0n) is 10.2. The van der Waals surface area contributed by atoms with Gasteiger partial charge in [0.15, 0.2) is 6.04 Å². The second kappa shape index (κ2) is 6.29. The SMILES string of the molecule is COC(=O)C(Nc1cnc(Br)cn1)c1ccccc1. The number of esters is 1. The predicted octanol–water partition coefficient (Wildman–Crippen LogP) is 2.57. The Bertz CT molecular complexity index is 546. The van der Waals surface area contributed by atoms with Crippen LogP contribution < -0.4 is 5.32 Å². The van der Waals surface area contributed by atoms with Crippen molar-refractivity contribution in [2.45, 2.75) is 6.04 Å². The van der Waals surface area contributed by atoms with E-state index in [1.807, 2.05) is 30.3 Å². The van der Waals surface area contributed by atoms with Crippen molar-refractivity contribution in [2.24, 2.45) is 0 Å². The minimum absolute atomic E-state index is 0.379. The van der Waals surface area contributed by atoms with Crippen molar-refractivity contribution in [2.75, 3.05) is 12.4 Å². The molecule has 0 radical (unpaired) electrons. The molecule has 1 aromatic carbocycles. The lowest BCUT2D eigenvalue weighted by molar-refractivity contribution is -0.141. The largest absolute Gasteiger partial charge is 0.467 e. The van der Waals surface area contributed by atoms with Gasteiger partial charge in [-0.15, -0.1) is 0 Å². The third-order valence-electron chi connectivity index (χ3n) is 2.48. The lowest BCUT2D eigenvalue weighted by Gasteiger charge is -2.17. The molecule has 0 saturated heterocycles. The van der Waals surface area contributed by atoms with Crippen LogP contribution in [0.2, 0.25) is 0 Å². The number of carbonyl (C=O) groups excluding carboxylic acids is 1. The Morgan fingerprint density at radius 3 is 2.58 bits per heavy atom. The zero-order chi connectivity index (χ0) is 13.7. The molecule has 98 valence electrons. The summed E-state index contributed by atoms with van der Waals surface area (Å²) >= 11 is 3.21. The smallest absolute Gasteiger partial charge is 0.333 e. The fraction of sp³-hybridized carbons (Fsp3) is 0.154. The molecular weight excluding hydrogens is 310 g/mol. The van der Waals surface area contributed by atoms with Crippen LogP contribution in [0.1, 0.15) is 11.6 Å². The normalized spacial score (nSPS) is 11.7. The van der Waals surface area contributed by atoms with E-state index in [2.05, 4.69) is 31.2 Å². The first-order valence-electron chi connectivity index (χ1n) is 5.57. The fourth-order valence-corrected chi connectivity index (χ4v) is 1.78. The number of nitrogens with zero attached hydrogens (tertiary/aromatic N) is 2. The molecule has 1 atom stereocenters. The molecule has 2 aromatic rings. The average molecular weight is 322 g/mol. The molecule has 0 bridgehead atoms. The van der Waals surface area contributed by atoms with Crippen LogP contribution in [0.4, 0.5) is 5.82 Å². The van der Waals surface area contributed by atoms with E-state index < -0.39 is 6.04 Å². The number of halogens is 1. The molecule has 1 N–H and O–H groups in total. The quantitative estimate of drug-likeness (QED) is 0.877. The van der Waals surface area contributed by atoms with Crippen LogP contribution >= 0.6 is 15.9 Å². The standard InChI is InChI=1S/C13H12BrN3O2/c1-19-13(18)12(9-5-3-2-4-6-9)17-11-8-15-10(14)7-16-11/h2-8,12H,1H3,(H,16,17). The van der Waals surface area contributed by atoms with E-state index in [-0.39, 0.29) is 5.97 Å². The maximum absolute atomic E-state index is 11.8. The number of methoxy groups -OCH3 is 1. The van der Waals surface area contributed by atoms with Gasteiger partial charge in [0.2, 0.25) is 0 Å². The van der Waals surface area contributed by atoms with E-state index in [0.717, 1.165) is 5.56 Å². The van der Waals surface area contributed by atoms with Crippen LogP contribution in [0.15, 0.2) is 47.3 Å². The minimum atomic E-state index is -0.610. The molecule has 1 heterocycles. The molecule has 5 nitrogen and oxygen atoms in total. The highest BCUT2D eigenvalue weighted by Gasteiger charge is 2.21. The Hall–Kier alpha value is -1.95. The molecule has 1 aromatic heterocycles. The number of anilines is 1. The van der Waals surface area contributed by atoms with Gasteiger partial charge in [-0.1, -0.05) is 30.3 Å². The van der Waals surface area contributed by atoms with E-state index in [1.165, 1.54) is 7.11 Å². The van der Waals surface area contributed by atoms with E-state index in [4.69, 9.17) is 4.74 Å². The van der Waals surface area contributed by atoms with Gasteiger partial charge in [0.25, 0.3) is 0 Å². The first kappa shape index (κ1) is 13.5. The minimum Gasteiger partial charge on any atom is -0.467 e. The Kier molecular flexibility index (Phi) is 4.46. The Morgan fingerprint density at radius 1 is 1.26 bits per heavy atom. The fourth-order valence-electron chi connectivity index (χ4n) is 1.58. The maximum atomic E-state index is 11.8. The molecule has 19 heavy (non-hydrogen) atoms. The van der Waals surface area contributed by atoms with Crippen molar-refractivity contribution in [1.82, 2.24) is 9.97 Å². The van der Waals surface area contributed by atoms with Gasteiger partial charge >= 0.3 is 5.97 Å².